The summed E-state index contributed by atoms with van der Waals surface area (Å²) in [5, 5.41) is -2.41. The van der Waals surface area contributed by atoms with Crippen LogP contribution in [-0.2, 0) is 12.5 Å². The second-order valence-electron chi connectivity index (χ2n) is 9.69. The molecule has 5 aromatic carbocycles. The third-order valence-electron chi connectivity index (χ3n) is 6.72. The fourth-order valence-corrected chi connectivity index (χ4v) is 5.46. The smallest absolute Gasteiger partial charge is 0.429 e. The van der Waals surface area contributed by atoms with Crippen LogP contribution in [0.15, 0.2) is 60.7 Å². The van der Waals surface area contributed by atoms with E-state index in [9.17, 15) is 22.0 Å². The molecule has 0 aliphatic heterocycles. The van der Waals surface area contributed by atoms with Gasteiger partial charge in [0.15, 0.2) is 23.3 Å². The normalized spacial score (nSPS) is 12.3. The number of ether oxygens (including phenoxy) is 2. The molecule has 2 nitrogen and oxygen atoms in total. The van der Waals surface area contributed by atoms with Crippen LogP contribution < -0.4 is 9.47 Å². The molecule has 0 heterocycles. The van der Waals surface area contributed by atoms with Gasteiger partial charge in [0, 0.05) is 26.9 Å². The van der Waals surface area contributed by atoms with Crippen molar-refractivity contribution < 1.29 is 49.0 Å². The maximum Gasteiger partial charge on any atom is 0.573 e. The number of fused-ring (bicyclic) bond motifs is 2. The lowest BCUT2D eigenvalue weighted by Gasteiger charge is -2.21. The maximum atomic E-state index is 15.4. The van der Waals surface area contributed by atoms with Crippen LogP contribution in [0.2, 0.25) is 10.0 Å². The Kier molecular flexibility index (Phi) is 8.32. The van der Waals surface area contributed by atoms with E-state index < -0.39 is 74.0 Å². The SMILES string of the molecule is CCCc1ccc(-c2cc3ccc(C(F)(F)Oc4ccc5c(F)c(OC(F)(F)F)c(F)cc5c4)c(Cl)c3c(F)c2F)c(Cl)c1. The first-order chi connectivity index (χ1) is 20.6. The van der Waals surface area contributed by atoms with E-state index in [4.69, 9.17) is 27.9 Å². The van der Waals surface area contributed by atoms with E-state index in [0.29, 0.717) is 12.5 Å². The zero-order chi connectivity index (χ0) is 32.1. The van der Waals surface area contributed by atoms with Gasteiger partial charge in [-0.3, -0.25) is 0 Å². The summed E-state index contributed by atoms with van der Waals surface area (Å²) < 4.78 is 136. The zero-order valence-electron chi connectivity index (χ0n) is 22.2. The maximum absolute atomic E-state index is 15.4. The van der Waals surface area contributed by atoms with Gasteiger partial charge in [-0.15, -0.1) is 13.2 Å². The Balaban J connectivity index is 1.52. The summed E-state index contributed by atoms with van der Waals surface area (Å²) in [5.74, 6) is -8.75. The van der Waals surface area contributed by atoms with E-state index in [2.05, 4.69) is 4.74 Å². The van der Waals surface area contributed by atoms with Gasteiger partial charge in [-0.2, -0.15) is 8.78 Å². The lowest BCUT2D eigenvalue weighted by Crippen LogP contribution is -2.22. The van der Waals surface area contributed by atoms with Crippen molar-refractivity contribution in [3.05, 3.63) is 105 Å². The Morgan fingerprint density at radius 3 is 2.09 bits per heavy atom. The zero-order valence-corrected chi connectivity index (χ0v) is 23.7. The predicted molar refractivity (Wildman–Crippen MR) is 148 cm³/mol. The first-order valence-electron chi connectivity index (χ1n) is 12.7. The van der Waals surface area contributed by atoms with Crippen LogP contribution in [0.5, 0.6) is 11.5 Å². The molecule has 0 saturated heterocycles. The van der Waals surface area contributed by atoms with Crippen molar-refractivity contribution in [1.29, 1.82) is 0 Å². The monoisotopic (exact) mass is 662 g/mol. The van der Waals surface area contributed by atoms with Crippen LogP contribution in [0.3, 0.4) is 0 Å². The quantitative estimate of drug-likeness (QED) is 0.161. The number of rotatable bonds is 7. The van der Waals surface area contributed by atoms with Gasteiger partial charge in [0.2, 0.25) is 5.75 Å². The third kappa shape index (κ3) is 5.95. The summed E-state index contributed by atoms with van der Waals surface area (Å²) in [7, 11) is 0. The second-order valence-corrected chi connectivity index (χ2v) is 10.5. The highest BCUT2D eigenvalue weighted by atomic mass is 35.5. The predicted octanol–water partition coefficient (Wildman–Crippen LogP) is 11.5. The van der Waals surface area contributed by atoms with Gasteiger partial charge in [-0.05, 0) is 65.2 Å². The molecule has 0 N–H and O–H groups in total. The van der Waals surface area contributed by atoms with Crippen molar-refractivity contribution >= 4 is 44.7 Å². The van der Waals surface area contributed by atoms with Gasteiger partial charge >= 0.3 is 12.5 Å². The Bertz CT molecular complexity index is 1920. The highest BCUT2D eigenvalue weighted by molar-refractivity contribution is 6.36. The molecule has 0 aliphatic carbocycles. The molecule has 0 aromatic heterocycles. The Hall–Kier alpha value is -3.83. The van der Waals surface area contributed by atoms with Gasteiger partial charge in [-0.25, -0.2) is 17.6 Å². The molecule has 0 bridgehead atoms. The number of alkyl halides is 5. The molecule has 0 fully saturated rings. The number of aryl methyl sites for hydroxylation is 1. The molecule has 13 heteroatoms. The van der Waals surface area contributed by atoms with Crippen molar-refractivity contribution in [3.63, 3.8) is 0 Å². The van der Waals surface area contributed by atoms with Crippen LogP contribution in [-0.4, -0.2) is 6.36 Å². The van der Waals surface area contributed by atoms with E-state index in [-0.39, 0.29) is 21.5 Å². The molecule has 44 heavy (non-hydrogen) atoms. The highest BCUT2D eigenvalue weighted by Crippen LogP contribution is 2.44. The summed E-state index contributed by atoms with van der Waals surface area (Å²) in [6.45, 7) is 1.96. The highest BCUT2D eigenvalue weighted by Gasteiger charge is 2.39. The molecule has 0 aliphatic rings. The van der Waals surface area contributed by atoms with Gasteiger partial charge < -0.3 is 9.47 Å². The summed E-state index contributed by atoms with van der Waals surface area (Å²) in [5.41, 5.74) is -0.208. The lowest BCUT2D eigenvalue weighted by atomic mass is 9.97. The molecule has 5 aromatic rings. The molecular weight excluding hydrogens is 646 g/mol. The van der Waals surface area contributed by atoms with Crippen LogP contribution in [0, 0.1) is 23.3 Å². The fraction of sp³-hybridized carbons (Fsp3) is 0.161. The summed E-state index contributed by atoms with van der Waals surface area (Å²) in [4.78, 5) is 0. The topological polar surface area (TPSA) is 18.5 Å². The van der Waals surface area contributed by atoms with Crippen molar-refractivity contribution in [2.75, 3.05) is 0 Å². The molecular formula is C31H17Cl2F9O2. The Morgan fingerprint density at radius 2 is 1.43 bits per heavy atom. The minimum absolute atomic E-state index is 0.0225. The molecule has 0 unspecified atom stereocenters. The van der Waals surface area contributed by atoms with Gasteiger partial charge in [0.1, 0.15) is 5.75 Å². The number of hydrogen-bond acceptors (Lipinski definition) is 2. The standard InChI is InChI=1S/C31H17Cl2F9O2/c1-2-3-14-4-7-19(22(32)10-14)20-12-15-5-9-21(25(33)24(15)28(37)26(20)35)30(38,39)43-17-6-8-18-16(11-17)13-23(34)29(27(18)36)44-31(40,41)42/h4-13H,2-3H2,1H3. The Labute approximate surface area is 253 Å². The first kappa shape index (κ1) is 31.6. The summed E-state index contributed by atoms with van der Waals surface area (Å²) in [6.07, 6.45) is -8.14. The van der Waals surface area contributed by atoms with Gasteiger partial charge in [-0.1, -0.05) is 54.7 Å². The average Bonchev–Trinajstić information content (AvgIpc) is 2.92. The average molecular weight is 663 g/mol. The number of halogens is 11. The van der Waals surface area contributed by atoms with E-state index in [1.54, 1.807) is 12.1 Å². The van der Waals surface area contributed by atoms with Crippen LogP contribution >= 0.6 is 23.2 Å². The molecule has 0 atom stereocenters. The van der Waals surface area contributed by atoms with Crippen molar-refractivity contribution in [1.82, 2.24) is 0 Å². The fourth-order valence-electron chi connectivity index (χ4n) is 4.79. The molecule has 0 radical (unpaired) electrons. The van der Waals surface area contributed by atoms with E-state index in [0.717, 1.165) is 42.3 Å². The molecule has 0 amide bonds. The van der Waals surface area contributed by atoms with E-state index >= 15 is 17.6 Å². The largest absolute Gasteiger partial charge is 0.573 e. The molecule has 0 saturated carbocycles. The number of hydrogen-bond donors (Lipinski definition) is 0. The molecule has 230 valence electrons. The number of benzene rings is 5. The minimum Gasteiger partial charge on any atom is -0.429 e. The van der Waals surface area contributed by atoms with Crippen molar-refractivity contribution in [3.8, 4) is 22.6 Å². The summed E-state index contributed by atoms with van der Waals surface area (Å²) in [6, 6.07) is 10.7. The molecule has 0 spiro atoms. The van der Waals surface area contributed by atoms with E-state index in [1.165, 1.54) is 12.1 Å². The van der Waals surface area contributed by atoms with E-state index in [1.807, 2.05) is 6.92 Å². The molecule has 5 rings (SSSR count). The van der Waals surface area contributed by atoms with Crippen molar-refractivity contribution in [2.24, 2.45) is 0 Å². The lowest BCUT2D eigenvalue weighted by molar-refractivity contribution is -0.276. The van der Waals surface area contributed by atoms with Crippen LogP contribution in [0.25, 0.3) is 32.7 Å². The third-order valence-corrected chi connectivity index (χ3v) is 7.43. The van der Waals surface area contributed by atoms with Crippen LogP contribution in [0.1, 0.15) is 24.5 Å². The first-order valence-corrected chi connectivity index (χ1v) is 13.5. The van der Waals surface area contributed by atoms with Gasteiger partial charge in [0.05, 0.1) is 10.6 Å². The van der Waals surface area contributed by atoms with Crippen molar-refractivity contribution in [2.45, 2.75) is 32.2 Å². The summed E-state index contributed by atoms with van der Waals surface area (Å²) >= 11 is 12.5. The minimum atomic E-state index is -5.39. The van der Waals surface area contributed by atoms with Gasteiger partial charge in [0.25, 0.3) is 0 Å². The Morgan fingerprint density at radius 1 is 0.705 bits per heavy atom. The second kappa shape index (κ2) is 11.6. The van der Waals surface area contributed by atoms with Crippen LogP contribution in [0.4, 0.5) is 39.5 Å².